The minimum Gasteiger partial charge on any atom is -0.398 e. The van der Waals surface area contributed by atoms with Gasteiger partial charge in [-0.25, -0.2) is 8.42 Å². The van der Waals surface area contributed by atoms with E-state index in [0.29, 0.717) is 6.54 Å². The van der Waals surface area contributed by atoms with Crippen LogP contribution >= 0.6 is 11.3 Å². The van der Waals surface area contributed by atoms with E-state index in [0.717, 1.165) is 4.88 Å². The summed E-state index contributed by atoms with van der Waals surface area (Å²) in [6, 6.07) is 5.16. The first-order valence-corrected chi connectivity index (χ1v) is 8.48. The Balaban J connectivity index is 2.40. The molecule has 2 aromatic heterocycles. The van der Waals surface area contributed by atoms with Crippen molar-refractivity contribution in [1.29, 1.82) is 0 Å². The Morgan fingerprint density at radius 1 is 1.40 bits per heavy atom. The van der Waals surface area contributed by atoms with Gasteiger partial charge in [0.15, 0.2) is 0 Å². The second kappa shape index (κ2) is 5.90. The van der Waals surface area contributed by atoms with Crippen molar-refractivity contribution in [3.63, 3.8) is 0 Å². The zero-order valence-corrected chi connectivity index (χ0v) is 13.0. The van der Waals surface area contributed by atoms with Crippen LogP contribution in [0, 0.1) is 0 Å². The molecule has 0 saturated carbocycles. The van der Waals surface area contributed by atoms with E-state index < -0.39 is 10.0 Å². The molecule has 5 nitrogen and oxygen atoms in total. The molecule has 2 heterocycles. The monoisotopic (exact) mass is 311 g/mol. The van der Waals surface area contributed by atoms with Crippen molar-refractivity contribution in [2.45, 2.75) is 31.3 Å². The SMILES string of the molecule is CC(C)N(Cc1cccs1)S(=O)(=O)c1cnccc1N. The number of nitrogen functional groups attached to an aromatic ring is 1. The summed E-state index contributed by atoms with van der Waals surface area (Å²) in [6.07, 6.45) is 2.78. The summed E-state index contributed by atoms with van der Waals surface area (Å²) < 4.78 is 26.9. The highest BCUT2D eigenvalue weighted by Gasteiger charge is 2.29. The van der Waals surface area contributed by atoms with Gasteiger partial charge in [-0.15, -0.1) is 11.3 Å². The number of aromatic nitrogens is 1. The molecule has 0 aliphatic heterocycles. The average Bonchev–Trinajstić information content (AvgIpc) is 2.88. The van der Waals surface area contributed by atoms with Crippen molar-refractivity contribution >= 4 is 27.0 Å². The topological polar surface area (TPSA) is 76.3 Å². The first kappa shape index (κ1) is 15.0. The molecule has 0 unspecified atom stereocenters. The van der Waals surface area contributed by atoms with Crippen LogP contribution in [0.25, 0.3) is 0 Å². The highest BCUT2D eigenvalue weighted by atomic mass is 32.2. The van der Waals surface area contributed by atoms with E-state index in [1.807, 2.05) is 31.4 Å². The number of anilines is 1. The van der Waals surface area contributed by atoms with Crippen molar-refractivity contribution in [1.82, 2.24) is 9.29 Å². The molecule has 0 aromatic carbocycles. The standard InChI is InChI=1S/C13H17N3O2S2/c1-10(2)16(9-11-4-3-7-19-11)20(17,18)13-8-15-6-5-12(13)14/h3-8,10H,9H2,1-2H3,(H2,14,15). The molecule has 2 N–H and O–H groups in total. The van der Waals surface area contributed by atoms with E-state index in [2.05, 4.69) is 4.98 Å². The number of pyridine rings is 1. The van der Waals surface area contributed by atoms with Gasteiger partial charge in [0.2, 0.25) is 10.0 Å². The first-order valence-electron chi connectivity index (χ1n) is 6.16. The maximum atomic E-state index is 12.7. The van der Waals surface area contributed by atoms with Crippen molar-refractivity contribution in [2.24, 2.45) is 0 Å². The van der Waals surface area contributed by atoms with Gasteiger partial charge in [0.1, 0.15) is 4.90 Å². The Bertz CT molecular complexity index is 667. The number of hydrogen-bond donors (Lipinski definition) is 1. The summed E-state index contributed by atoms with van der Waals surface area (Å²) >= 11 is 1.53. The molecule has 20 heavy (non-hydrogen) atoms. The Morgan fingerprint density at radius 2 is 2.15 bits per heavy atom. The molecule has 0 atom stereocenters. The molecular formula is C13H17N3O2S2. The van der Waals surface area contributed by atoms with Crippen molar-refractivity contribution in [3.05, 3.63) is 40.8 Å². The van der Waals surface area contributed by atoms with Crippen LogP contribution in [0.1, 0.15) is 18.7 Å². The van der Waals surface area contributed by atoms with Crippen LogP contribution in [0.2, 0.25) is 0 Å². The highest BCUT2D eigenvalue weighted by molar-refractivity contribution is 7.89. The van der Waals surface area contributed by atoms with Gasteiger partial charge in [0, 0.05) is 29.9 Å². The van der Waals surface area contributed by atoms with Crippen LogP contribution in [-0.4, -0.2) is 23.7 Å². The van der Waals surface area contributed by atoms with Crippen molar-refractivity contribution in [2.75, 3.05) is 5.73 Å². The van der Waals surface area contributed by atoms with E-state index in [1.165, 1.54) is 34.1 Å². The zero-order valence-electron chi connectivity index (χ0n) is 11.4. The third-order valence-electron chi connectivity index (χ3n) is 2.87. The number of sulfonamides is 1. The quantitative estimate of drug-likeness (QED) is 0.919. The van der Waals surface area contributed by atoms with E-state index in [1.54, 1.807) is 0 Å². The second-order valence-electron chi connectivity index (χ2n) is 4.64. The van der Waals surface area contributed by atoms with Gasteiger partial charge in [-0.2, -0.15) is 4.31 Å². The van der Waals surface area contributed by atoms with Crippen LogP contribution in [-0.2, 0) is 16.6 Å². The summed E-state index contributed by atoms with van der Waals surface area (Å²) in [7, 11) is -3.65. The normalized spacial score (nSPS) is 12.2. The second-order valence-corrected chi connectivity index (χ2v) is 7.53. The lowest BCUT2D eigenvalue weighted by molar-refractivity contribution is 0.350. The summed E-state index contributed by atoms with van der Waals surface area (Å²) in [5, 5.41) is 1.93. The average molecular weight is 311 g/mol. The highest BCUT2D eigenvalue weighted by Crippen LogP contribution is 2.25. The fraction of sp³-hybridized carbons (Fsp3) is 0.308. The number of thiophene rings is 1. The minimum atomic E-state index is -3.65. The third-order valence-corrected chi connectivity index (χ3v) is 5.80. The van der Waals surface area contributed by atoms with Crippen molar-refractivity contribution in [3.8, 4) is 0 Å². The molecular weight excluding hydrogens is 294 g/mol. The first-order chi connectivity index (χ1) is 9.43. The summed E-state index contributed by atoms with van der Waals surface area (Å²) in [5.41, 5.74) is 5.99. The van der Waals surface area contributed by atoms with E-state index >= 15 is 0 Å². The summed E-state index contributed by atoms with van der Waals surface area (Å²) in [6.45, 7) is 4.03. The summed E-state index contributed by atoms with van der Waals surface area (Å²) in [5.74, 6) is 0. The van der Waals surface area contributed by atoms with Crippen LogP contribution in [0.5, 0.6) is 0 Å². The van der Waals surface area contributed by atoms with Gasteiger partial charge in [0.05, 0.1) is 5.69 Å². The maximum Gasteiger partial charge on any atom is 0.247 e. The molecule has 0 aliphatic rings. The lowest BCUT2D eigenvalue weighted by Crippen LogP contribution is -2.36. The fourth-order valence-electron chi connectivity index (χ4n) is 1.83. The Labute approximate surface area is 123 Å². The van der Waals surface area contributed by atoms with E-state index in [4.69, 9.17) is 5.73 Å². The van der Waals surface area contributed by atoms with Crippen molar-refractivity contribution < 1.29 is 8.42 Å². The molecule has 0 amide bonds. The molecule has 7 heteroatoms. The third kappa shape index (κ3) is 3.00. The molecule has 2 aromatic rings. The maximum absolute atomic E-state index is 12.7. The largest absolute Gasteiger partial charge is 0.398 e. The zero-order chi connectivity index (χ0) is 14.8. The summed E-state index contributed by atoms with van der Waals surface area (Å²) in [4.78, 5) is 4.92. The van der Waals surface area contributed by atoms with Gasteiger partial charge in [0.25, 0.3) is 0 Å². The van der Waals surface area contributed by atoms with E-state index in [9.17, 15) is 8.42 Å². The molecule has 0 fully saturated rings. The molecule has 2 rings (SSSR count). The van der Waals surface area contributed by atoms with Crippen LogP contribution in [0.4, 0.5) is 5.69 Å². The predicted molar refractivity (Wildman–Crippen MR) is 80.8 cm³/mol. The van der Waals surface area contributed by atoms with Gasteiger partial charge in [-0.3, -0.25) is 4.98 Å². The van der Waals surface area contributed by atoms with Gasteiger partial charge in [-0.1, -0.05) is 6.07 Å². The molecule has 0 radical (unpaired) electrons. The molecule has 0 bridgehead atoms. The molecule has 0 spiro atoms. The predicted octanol–water partition coefficient (Wildman–Crippen LogP) is 2.32. The van der Waals surface area contributed by atoms with Gasteiger partial charge in [-0.05, 0) is 31.4 Å². The number of nitrogens with two attached hydrogens (primary N) is 1. The van der Waals surface area contributed by atoms with E-state index in [-0.39, 0.29) is 16.6 Å². The molecule has 108 valence electrons. The smallest absolute Gasteiger partial charge is 0.247 e. The fourth-order valence-corrected chi connectivity index (χ4v) is 4.29. The lowest BCUT2D eigenvalue weighted by atomic mass is 10.4. The van der Waals surface area contributed by atoms with Crippen LogP contribution in [0.15, 0.2) is 40.9 Å². The Morgan fingerprint density at radius 3 is 2.70 bits per heavy atom. The van der Waals surface area contributed by atoms with Crippen LogP contribution < -0.4 is 5.73 Å². The lowest BCUT2D eigenvalue weighted by Gasteiger charge is -2.25. The Hall–Kier alpha value is -1.44. The minimum absolute atomic E-state index is 0.0604. The van der Waals surface area contributed by atoms with Crippen LogP contribution in [0.3, 0.4) is 0 Å². The number of rotatable bonds is 5. The Kier molecular flexibility index (Phi) is 4.42. The van der Waals surface area contributed by atoms with Gasteiger partial charge >= 0.3 is 0 Å². The molecule has 0 aliphatic carbocycles. The van der Waals surface area contributed by atoms with Gasteiger partial charge < -0.3 is 5.73 Å². The number of nitrogens with zero attached hydrogens (tertiary/aromatic N) is 2. The number of hydrogen-bond acceptors (Lipinski definition) is 5. The molecule has 0 saturated heterocycles.